The third-order valence-electron chi connectivity index (χ3n) is 4.36. The van der Waals surface area contributed by atoms with E-state index < -0.39 is 16.7 Å². The maximum Gasteiger partial charge on any atom is 0.269 e. The summed E-state index contributed by atoms with van der Waals surface area (Å²) in [6.07, 6.45) is 0.528. The average molecular weight is 405 g/mol. The number of non-ortho nitro benzene ring substituents is 1. The number of benzene rings is 3. The van der Waals surface area contributed by atoms with Crippen LogP contribution in [0.1, 0.15) is 26.3 Å². The number of aliphatic hydroxyl groups is 1. The first kappa shape index (κ1) is 20.7. The fraction of sp³-hybridized carbons (Fsp3) is 0.0909. The second kappa shape index (κ2) is 9.44. The topological polar surface area (TPSA) is 122 Å². The molecule has 30 heavy (non-hydrogen) atoms. The Labute approximate surface area is 172 Å². The smallest absolute Gasteiger partial charge is 0.269 e. The molecule has 8 heteroatoms. The number of nitro benzene ring substituents is 1. The number of carbonyl (C=O) groups excluding carboxylic acids is 2. The van der Waals surface area contributed by atoms with Gasteiger partial charge in [0.25, 0.3) is 17.5 Å². The zero-order valence-electron chi connectivity index (χ0n) is 15.9. The van der Waals surface area contributed by atoms with Gasteiger partial charge in [0.05, 0.1) is 16.1 Å². The van der Waals surface area contributed by atoms with Crippen LogP contribution in [0.25, 0.3) is 0 Å². The maximum atomic E-state index is 12.7. The highest BCUT2D eigenvalue weighted by Crippen LogP contribution is 2.18. The molecule has 0 unspecified atom stereocenters. The molecule has 8 nitrogen and oxygen atoms in total. The van der Waals surface area contributed by atoms with Crippen molar-refractivity contribution in [1.82, 2.24) is 0 Å². The summed E-state index contributed by atoms with van der Waals surface area (Å²) in [4.78, 5) is 35.6. The molecule has 0 aliphatic rings. The zero-order valence-corrected chi connectivity index (χ0v) is 15.9. The fourth-order valence-electron chi connectivity index (χ4n) is 2.83. The van der Waals surface area contributed by atoms with Crippen LogP contribution in [-0.2, 0) is 6.42 Å². The number of hydrogen-bond acceptors (Lipinski definition) is 5. The molecule has 3 N–H and O–H groups in total. The number of nitro groups is 1. The van der Waals surface area contributed by atoms with Crippen molar-refractivity contribution < 1.29 is 19.6 Å². The van der Waals surface area contributed by atoms with E-state index in [-0.39, 0.29) is 23.4 Å². The lowest BCUT2D eigenvalue weighted by atomic mass is 10.1. The standard InChI is InChI=1S/C22H19N3O5/c26-14-13-15-5-7-16(8-6-15)23-21(27)19-3-1-2-4-20(19)22(28)24-17-9-11-18(12-10-17)25(29)30/h1-12,26H,13-14H2,(H,23,27)(H,24,28). The molecule has 0 fully saturated rings. The van der Waals surface area contributed by atoms with Crippen LogP contribution in [0.3, 0.4) is 0 Å². The summed E-state index contributed by atoms with van der Waals surface area (Å²) >= 11 is 0. The van der Waals surface area contributed by atoms with E-state index >= 15 is 0 Å². The molecule has 2 amide bonds. The number of aliphatic hydroxyl groups excluding tert-OH is 1. The summed E-state index contributed by atoms with van der Waals surface area (Å²) in [7, 11) is 0. The lowest BCUT2D eigenvalue weighted by Crippen LogP contribution is -2.20. The van der Waals surface area contributed by atoms with E-state index in [1.807, 2.05) is 0 Å². The van der Waals surface area contributed by atoms with Gasteiger partial charge in [-0.05, 0) is 48.4 Å². The van der Waals surface area contributed by atoms with Crippen molar-refractivity contribution in [3.8, 4) is 0 Å². The summed E-state index contributed by atoms with van der Waals surface area (Å²) < 4.78 is 0. The van der Waals surface area contributed by atoms with Crippen LogP contribution in [0.2, 0.25) is 0 Å². The minimum Gasteiger partial charge on any atom is -0.396 e. The number of nitrogens with zero attached hydrogens (tertiary/aromatic N) is 1. The molecule has 3 aromatic rings. The highest BCUT2D eigenvalue weighted by Gasteiger charge is 2.17. The minimum atomic E-state index is -0.526. The summed E-state index contributed by atoms with van der Waals surface area (Å²) in [6, 6.07) is 18.8. The molecule has 0 aromatic heterocycles. The minimum absolute atomic E-state index is 0.0446. The number of rotatable bonds is 7. The molecule has 152 valence electrons. The third-order valence-corrected chi connectivity index (χ3v) is 4.36. The van der Waals surface area contributed by atoms with Crippen LogP contribution in [0, 0.1) is 10.1 Å². The molecule has 0 atom stereocenters. The normalized spacial score (nSPS) is 10.3. The van der Waals surface area contributed by atoms with Crippen molar-refractivity contribution in [1.29, 1.82) is 0 Å². The second-order valence-corrected chi connectivity index (χ2v) is 6.43. The molecule has 0 radical (unpaired) electrons. The Morgan fingerprint density at radius 1 is 0.800 bits per heavy atom. The molecular formula is C22H19N3O5. The Hall–Kier alpha value is -4.04. The summed E-state index contributed by atoms with van der Waals surface area (Å²) in [5, 5.41) is 25.1. The van der Waals surface area contributed by atoms with E-state index in [0.29, 0.717) is 17.8 Å². The van der Waals surface area contributed by atoms with Crippen LogP contribution < -0.4 is 10.6 Å². The molecule has 0 spiro atoms. The fourth-order valence-corrected chi connectivity index (χ4v) is 2.83. The lowest BCUT2D eigenvalue weighted by Gasteiger charge is -2.11. The van der Waals surface area contributed by atoms with Gasteiger partial charge in [0.15, 0.2) is 0 Å². The van der Waals surface area contributed by atoms with Crippen molar-refractivity contribution in [2.45, 2.75) is 6.42 Å². The van der Waals surface area contributed by atoms with Crippen molar-refractivity contribution in [3.05, 3.63) is 99.6 Å². The highest BCUT2D eigenvalue weighted by molar-refractivity contribution is 6.15. The first-order chi connectivity index (χ1) is 14.5. The lowest BCUT2D eigenvalue weighted by molar-refractivity contribution is -0.384. The first-order valence-electron chi connectivity index (χ1n) is 9.14. The molecule has 0 aliphatic heterocycles. The van der Waals surface area contributed by atoms with Crippen LogP contribution in [-0.4, -0.2) is 28.5 Å². The Morgan fingerprint density at radius 2 is 1.27 bits per heavy atom. The highest BCUT2D eigenvalue weighted by atomic mass is 16.6. The van der Waals surface area contributed by atoms with Crippen molar-refractivity contribution in [3.63, 3.8) is 0 Å². The van der Waals surface area contributed by atoms with E-state index in [1.165, 1.54) is 30.3 Å². The SMILES string of the molecule is O=C(Nc1ccc(CCO)cc1)c1ccccc1C(=O)Nc1ccc([N+](=O)[O-])cc1. The Kier molecular flexibility index (Phi) is 6.51. The predicted octanol–water partition coefficient (Wildman–Crippen LogP) is 3.63. The van der Waals surface area contributed by atoms with Crippen LogP contribution in [0.5, 0.6) is 0 Å². The molecular weight excluding hydrogens is 386 g/mol. The van der Waals surface area contributed by atoms with Gasteiger partial charge in [-0.25, -0.2) is 0 Å². The van der Waals surface area contributed by atoms with Gasteiger partial charge in [-0.2, -0.15) is 0 Å². The van der Waals surface area contributed by atoms with Gasteiger partial charge in [0.2, 0.25) is 0 Å². The first-order valence-corrected chi connectivity index (χ1v) is 9.14. The quantitative estimate of drug-likeness (QED) is 0.409. The summed E-state index contributed by atoms with van der Waals surface area (Å²) in [6.45, 7) is 0.0446. The average Bonchev–Trinajstić information content (AvgIpc) is 2.75. The monoisotopic (exact) mass is 405 g/mol. The maximum absolute atomic E-state index is 12.7. The van der Waals surface area contributed by atoms with E-state index in [0.717, 1.165) is 5.56 Å². The van der Waals surface area contributed by atoms with Gasteiger partial charge in [0, 0.05) is 30.1 Å². The van der Waals surface area contributed by atoms with Gasteiger partial charge in [-0.15, -0.1) is 0 Å². The molecule has 0 saturated heterocycles. The van der Waals surface area contributed by atoms with E-state index in [9.17, 15) is 19.7 Å². The van der Waals surface area contributed by atoms with Gasteiger partial charge < -0.3 is 15.7 Å². The second-order valence-electron chi connectivity index (χ2n) is 6.43. The molecule has 0 saturated carbocycles. The summed E-state index contributed by atoms with van der Waals surface area (Å²) in [5.74, 6) is -0.952. The van der Waals surface area contributed by atoms with E-state index in [4.69, 9.17) is 5.11 Å². The Balaban J connectivity index is 1.74. The molecule has 3 aromatic carbocycles. The van der Waals surface area contributed by atoms with Crippen molar-refractivity contribution >= 4 is 28.9 Å². The van der Waals surface area contributed by atoms with Crippen LogP contribution in [0.15, 0.2) is 72.8 Å². The van der Waals surface area contributed by atoms with Gasteiger partial charge in [-0.3, -0.25) is 19.7 Å². The molecule has 0 bridgehead atoms. The Bertz CT molecular complexity index is 1060. The van der Waals surface area contributed by atoms with E-state index in [2.05, 4.69) is 10.6 Å². The molecule has 0 aliphatic carbocycles. The Morgan fingerprint density at radius 3 is 1.70 bits per heavy atom. The number of carbonyl (C=O) groups is 2. The third kappa shape index (κ3) is 5.06. The predicted molar refractivity (Wildman–Crippen MR) is 113 cm³/mol. The largest absolute Gasteiger partial charge is 0.396 e. The number of anilines is 2. The van der Waals surface area contributed by atoms with Gasteiger partial charge in [0.1, 0.15) is 0 Å². The summed E-state index contributed by atoms with van der Waals surface area (Å²) in [5.41, 5.74) is 2.16. The number of hydrogen-bond donors (Lipinski definition) is 3. The zero-order chi connectivity index (χ0) is 21.5. The van der Waals surface area contributed by atoms with Gasteiger partial charge >= 0.3 is 0 Å². The van der Waals surface area contributed by atoms with Crippen molar-refractivity contribution in [2.24, 2.45) is 0 Å². The van der Waals surface area contributed by atoms with Gasteiger partial charge in [-0.1, -0.05) is 24.3 Å². The van der Waals surface area contributed by atoms with Crippen molar-refractivity contribution in [2.75, 3.05) is 17.2 Å². The molecule has 0 heterocycles. The van der Waals surface area contributed by atoms with E-state index in [1.54, 1.807) is 42.5 Å². The van der Waals surface area contributed by atoms with Crippen LogP contribution >= 0.6 is 0 Å². The van der Waals surface area contributed by atoms with Crippen LogP contribution in [0.4, 0.5) is 17.1 Å². The number of nitrogens with one attached hydrogen (secondary N) is 2. The molecule has 3 rings (SSSR count). The number of amides is 2.